The van der Waals surface area contributed by atoms with Crippen LogP contribution in [0.2, 0.25) is 0 Å². The summed E-state index contributed by atoms with van der Waals surface area (Å²) < 4.78 is 3.99. The lowest BCUT2D eigenvalue weighted by Gasteiger charge is -2.34. The average Bonchev–Trinajstić information content (AvgIpc) is 3.18. The lowest BCUT2D eigenvalue weighted by atomic mass is 10.0. The molecule has 128 valence electrons. The molecule has 4 rings (SSSR count). The maximum Gasteiger partial charge on any atom is 0.275 e. The largest absolute Gasteiger partial charge is 0.329 e. The Morgan fingerprint density at radius 3 is 2.92 bits per heavy atom. The molecule has 1 amide bonds. The van der Waals surface area contributed by atoms with Gasteiger partial charge in [-0.3, -0.25) is 14.2 Å². The SMILES string of the molecule is CC(=O)n1ccc2c1C(C)N(C(=O)c1cc3ncc(Br)cn3n1)CC2. The lowest BCUT2D eigenvalue weighted by Crippen LogP contribution is -2.40. The first-order chi connectivity index (χ1) is 12.0. The molecule has 4 heterocycles. The number of amides is 1. The summed E-state index contributed by atoms with van der Waals surface area (Å²) >= 11 is 3.35. The van der Waals surface area contributed by atoms with Crippen LogP contribution in [0, 0.1) is 0 Å². The van der Waals surface area contributed by atoms with Crippen LogP contribution in [0.3, 0.4) is 0 Å². The van der Waals surface area contributed by atoms with Crippen molar-refractivity contribution < 1.29 is 9.59 Å². The van der Waals surface area contributed by atoms with Gasteiger partial charge in [-0.05, 0) is 40.9 Å². The minimum Gasteiger partial charge on any atom is -0.329 e. The van der Waals surface area contributed by atoms with E-state index in [4.69, 9.17) is 0 Å². The number of nitrogens with zero attached hydrogens (tertiary/aromatic N) is 5. The van der Waals surface area contributed by atoms with Crippen molar-refractivity contribution in [3.05, 3.63) is 52.1 Å². The summed E-state index contributed by atoms with van der Waals surface area (Å²) in [5, 5.41) is 4.34. The number of fused-ring (bicyclic) bond motifs is 2. The van der Waals surface area contributed by atoms with Crippen LogP contribution in [0.4, 0.5) is 0 Å². The van der Waals surface area contributed by atoms with Crippen molar-refractivity contribution >= 4 is 33.4 Å². The third-order valence-electron chi connectivity index (χ3n) is 4.60. The van der Waals surface area contributed by atoms with Crippen LogP contribution in [0.15, 0.2) is 35.2 Å². The molecule has 3 aromatic rings. The molecule has 0 aromatic carbocycles. The van der Waals surface area contributed by atoms with Crippen molar-refractivity contribution in [2.75, 3.05) is 6.54 Å². The molecule has 0 radical (unpaired) electrons. The molecule has 0 N–H and O–H groups in total. The third-order valence-corrected chi connectivity index (χ3v) is 5.01. The minimum absolute atomic E-state index is 0.0517. The van der Waals surface area contributed by atoms with Gasteiger partial charge in [-0.1, -0.05) is 0 Å². The number of halogens is 1. The molecular formula is C17H16BrN5O2. The number of hydrogen-bond donors (Lipinski definition) is 0. The summed E-state index contributed by atoms with van der Waals surface area (Å²) in [6, 6.07) is 3.45. The summed E-state index contributed by atoms with van der Waals surface area (Å²) in [5.74, 6) is -0.208. The van der Waals surface area contributed by atoms with Gasteiger partial charge in [0, 0.05) is 38.1 Å². The van der Waals surface area contributed by atoms with Gasteiger partial charge in [-0.15, -0.1) is 0 Å². The highest BCUT2D eigenvalue weighted by Crippen LogP contribution is 2.31. The smallest absolute Gasteiger partial charge is 0.275 e. The number of carbonyl (C=O) groups excluding carboxylic acids is 2. The van der Waals surface area contributed by atoms with Gasteiger partial charge in [0.05, 0.1) is 16.2 Å². The van der Waals surface area contributed by atoms with Crippen molar-refractivity contribution in [3.63, 3.8) is 0 Å². The van der Waals surface area contributed by atoms with E-state index in [9.17, 15) is 9.59 Å². The van der Waals surface area contributed by atoms with Gasteiger partial charge in [0.25, 0.3) is 5.91 Å². The van der Waals surface area contributed by atoms with Crippen LogP contribution in [0.1, 0.15) is 46.4 Å². The van der Waals surface area contributed by atoms with Crippen LogP contribution < -0.4 is 0 Å². The fourth-order valence-electron chi connectivity index (χ4n) is 3.41. The van der Waals surface area contributed by atoms with Gasteiger partial charge >= 0.3 is 0 Å². The molecule has 1 atom stereocenters. The third kappa shape index (κ3) is 2.57. The topological polar surface area (TPSA) is 72.5 Å². The molecule has 1 aliphatic heterocycles. The summed E-state index contributed by atoms with van der Waals surface area (Å²) in [7, 11) is 0. The first kappa shape index (κ1) is 16.0. The van der Waals surface area contributed by atoms with E-state index in [1.165, 1.54) is 6.92 Å². The Balaban J connectivity index is 1.70. The van der Waals surface area contributed by atoms with Crippen LogP contribution in [0.25, 0.3) is 5.65 Å². The number of aromatic nitrogens is 4. The van der Waals surface area contributed by atoms with E-state index in [1.807, 2.05) is 13.0 Å². The standard InChI is InChI=1S/C17H16BrN5O2/c1-10-16-12(4-6-22(16)11(2)24)3-5-21(10)17(25)14-7-15-19-8-13(18)9-23(15)20-14/h4,6-10H,3,5H2,1-2H3. The molecule has 3 aromatic heterocycles. The molecule has 0 fully saturated rings. The van der Waals surface area contributed by atoms with Crippen molar-refractivity contribution in [2.45, 2.75) is 26.3 Å². The molecule has 1 aliphatic rings. The monoisotopic (exact) mass is 401 g/mol. The predicted molar refractivity (Wildman–Crippen MR) is 94.6 cm³/mol. The average molecular weight is 402 g/mol. The zero-order valence-electron chi connectivity index (χ0n) is 13.8. The summed E-state index contributed by atoms with van der Waals surface area (Å²) in [4.78, 5) is 30.9. The van der Waals surface area contributed by atoms with E-state index in [0.29, 0.717) is 17.9 Å². The molecule has 0 spiro atoms. The van der Waals surface area contributed by atoms with Gasteiger partial charge in [0.1, 0.15) is 0 Å². The Bertz CT molecular complexity index is 1010. The maximum atomic E-state index is 13.0. The lowest BCUT2D eigenvalue weighted by molar-refractivity contribution is 0.0657. The van der Waals surface area contributed by atoms with E-state index in [1.54, 1.807) is 38.6 Å². The molecule has 0 aliphatic carbocycles. The van der Waals surface area contributed by atoms with Crippen molar-refractivity contribution in [1.82, 2.24) is 24.1 Å². The summed E-state index contributed by atoms with van der Waals surface area (Å²) in [6.45, 7) is 4.07. The molecule has 0 saturated carbocycles. The molecule has 7 nitrogen and oxygen atoms in total. The molecule has 25 heavy (non-hydrogen) atoms. The zero-order valence-corrected chi connectivity index (χ0v) is 15.4. The van der Waals surface area contributed by atoms with E-state index in [2.05, 4.69) is 26.0 Å². The van der Waals surface area contributed by atoms with Gasteiger partial charge in [-0.2, -0.15) is 5.10 Å². The van der Waals surface area contributed by atoms with Crippen LogP contribution >= 0.6 is 15.9 Å². The molecular weight excluding hydrogens is 386 g/mol. The number of carbonyl (C=O) groups is 2. The van der Waals surface area contributed by atoms with E-state index in [0.717, 1.165) is 22.2 Å². The normalized spacial score (nSPS) is 16.9. The quantitative estimate of drug-likeness (QED) is 0.628. The second-order valence-corrected chi connectivity index (χ2v) is 7.06. The zero-order chi connectivity index (χ0) is 17.7. The maximum absolute atomic E-state index is 13.0. The van der Waals surface area contributed by atoms with Crippen LogP contribution in [-0.2, 0) is 6.42 Å². The first-order valence-electron chi connectivity index (χ1n) is 7.98. The highest BCUT2D eigenvalue weighted by atomic mass is 79.9. The Morgan fingerprint density at radius 1 is 1.36 bits per heavy atom. The molecule has 0 saturated heterocycles. The second-order valence-electron chi connectivity index (χ2n) is 6.14. The van der Waals surface area contributed by atoms with E-state index >= 15 is 0 Å². The molecule has 1 unspecified atom stereocenters. The van der Waals surface area contributed by atoms with Gasteiger partial charge in [-0.25, -0.2) is 9.50 Å². The van der Waals surface area contributed by atoms with Crippen LogP contribution in [-0.4, -0.2) is 42.4 Å². The van der Waals surface area contributed by atoms with Gasteiger partial charge in [0.2, 0.25) is 5.91 Å². The Hall–Kier alpha value is -2.48. The summed E-state index contributed by atoms with van der Waals surface area (Å²) in [5.41, 5.74) is 2.97. The van der Waals surface area contributed by atoms with Crippen molar-refractivity contribution in [3.8, 4) is 0 Å². The number of rotatable bonds is 1. The van der Waals surface area contributed by atoms with Gasteiger partial charge < -0.3 is 4.90 Å². The van der Waals surface area contributed by atoms with Crippen LogP contribution in [0.5, 0.6) is 0 Å². The predicted octanol–water partition coefficient (Wildman–Crippen LogP) is 2.71. The molecule has 8 heteroatoms. The number of hydrogen-bond acceptors (Lipinski definition) is 4. The van der Waals surface area contributed by atoms with E-state index < -0.39 is 0 Å². The summed E-state index contributed by atoms with van der Waals surface area (Å²) in [6.07, 6.45) is 5.94. The van der Waals surface area contributed by atoms with Crippen molar-refractivity contribution in [2.24, 2.45) is 0 Å². The fourth-order valence-corrected chi connectivity index (χ4v) is 3.70. The Kier molecular flexibility index (Phi) is 3.72. The van der Waals surface area contributed by atoms with Gasteiger partial charge in [0.15, 0.2) is 11.3 Å². The van der Waals surface area contributed by atoms with E-state index in [-0.39, 0.29) is 17.9 Å². The highest BCUT2D eigenvalue weighted by molar-refractivity contribution is 9.10. The Morgan fingerprint density at radius 2 is 2.16 bits per heavy atom. The van der Waals surface area contributed by atoms with Crippen molar-refractivity contribution in [1.29, 1.82) is 0 Å². The highest BCUT2D eigenvalue weighted by Gasteiger charge is 2.32. The first-order valence-corrected chi connectivity index (χ1v) is 8.78. The fraction of sp³-hybridized carbons (Fsp3) is 0.294. The minimum atomic E-state index is -0.195. The second kappa shape index (κ2) is 5.80. The Labute approximate surface area is 152 Å². The molecule has 0 bridgehead atoms.